The summed E-state index contributed by atoms with van der Waals surface area (Å²) in [5.41, 5.74) is 6.11. The maximum Gasteiger partial charge on any atom is 0.0699 e. The van der Waals surface area contributed by atoms with Gasteiger partial charge in [0.25, 0.3) is 0 Å². The molecule has 2 rings (SSSR count). The van der Waals surface area contributed by atoms with Crippen LogP contribution in [0.2, 0.25) is 0 Å². The number of aryl methyl sites for hydroxylation is 3. The van der Waals surface area contributed by atoms with E-state index in [2.05, 4.69) is 72.4 Å². The third kappa shape index (κ3) is 3.23. The van der Waals surface area contributed by atoms with Crippen LogP contribution in [0.1, 0.15) is 42.1 Å². The molecule has 0 fully saturated rings. The number of hydrogen-bond acceptors (Lipinski definition) is 2. The average molecular weight is 336 g/mol. The summed E-state index contributed by atoms with van der Waals surface area (Å²) >= 11 is 3.64. The van der Waals surface area contributed by atoms with Gasteiger partial charge in [0.05, 0.1) is 11.4 Å². The first kappa shape index (κ1) is 15.1. The van der Waals surface area contributed by atoms with Gasteiger partial charge in [-0.2, -0.15) is 5.10 Å². The zero-order chi connectivity index (χ0) is 14.9. The SMILES string of the molecule is Cc1cc(C)c(NCc2cn(C)nc2C(C)C)c(Br)c1. The summed E-state index contributed by atoms with van der Waals surface area (Å²) in [5, 5.41) is 8.08. The number of hydrogen-bond donors (Lipinski definition) is 1. The highest BCUT2D eigenvalue weighted by atomic mass is 79.9. The van der Waals surface area contributed by atoms with Crippen molar-refractivity contribution >= 4 is 21.6 Å². The van der Waals surface area contributed by atoms with Crippen LogP contribution < -0.4 is 5.32 Å². The minimum absolute atomic E-state index is 0.440. The van der Waals surface area contributed by atoms with Crippen LogP contribution in [0, 0.1) is 13.8 Å². The van der Waals surface area contributed by atoms with E-state index in [0.717, 1.165) is 16.7 Å². The molecule has 0 radical (unpaired) electrons. The second kappa shape index (κ2) is 6.00. The van der Waals surface area contributed by atoms with E-state index < -0.39 is 0 Å². The minimum atomic E-state index is 0.440. The summed E-state index contributed by atoms with van der Waals surface area (Å²) in [5.74, 6) is 0.440. The van der Waals surface area contributed by atoms with Crippen LogP contribution in [0.5, 0.6) is 0 Å². The van der Waals surface area contributed by atoms with Gasteiger partial charge in [-0.3, -0.25) is 4.68 Å². The van der Waals surface area contributed by atoms with Crippen LogP contribution in [0.15, 0.2) is 22.8 Å². The van der Waals surface area contributed by atoms with Gasteiger partial charge in [0.1, 0.15) is 0 Å². The van der Waals surface area contributed by atoms with Crippen LogP contribution in [-0.2, 0) is 13.6 Å². The molecule has 4 heteroatoms. The largest absolute Gasteiger partial charge is 0.380 e. The first-order valence-electron chi connectivity index (χ1n) is 6.91. The molecule has 2 aromatic rings. The summed E-state index contributed by atoms with van der Waals surface area (Å²) in [6.45, 7) is 9.40. The lowest BCUT2D eigenvalue weighted by Gasteiger charge is -2.13. The molecule has 0 amide bonds. The molecule has 0 spiro atoms. The fourth-order valence-corrected chi connectivity index (χ4v) is 3.31. The zero-order valence-electron chi connectivity index (χ0n) is 12.8. The maximum atomic E-state index is 4.55. The van der Waals surface area contributed by atoms with Crippen molar-refractivity contribution in [1.82, 2.24) is 9.78 Å². The highest BCUT2D eigenvalue weighted by Crippen LogP contribution is 2.29. The van der Waals surface area contributed by atoms with Crippen LogP contribution in [0.4, 0.5) is 5.69 Å². The second-order valence-electron chi connectivity index (χ2n) is 5.66. The van der Waals surface area contributed by atoms with Crippen molar-refractivity contribution in [2.24, 2.45) is 7.05 Å². The van der Waals surface area contributed by atoms with Crippen molar-refractivity contribution in [3.8, 4) is 0 Å². The topological polar surface area (TPSA) is 29.9 Å². The van der Waals surface area contributed by atoms with E-state index in [9.17, 15) is 0 Å². The van der Waals surface area contributed by atoms with Gasteiger partial charge in [-0.15, -0.1) is 0 Å². The first-order valence-corrected chi connectivity index (χ1v) is 7.70. The van der Waals surface area contributed by atoms with Gasteiger partial charge in [0, 0.05) is 29.8 Å². The Labute approximate surface area is 129 Å². The fraction of sp³-hybridized carbons (Fsp3) is 0.438. The smallest absolute Gasteiger partial charge is 0.0699 e. The first-order chi connectivity index (χ1) is 9.38. The van der Waals surface area contributed by atoms with Crippen molar-refractivity contribution in [1.29, 1.82) is 0 Å². The molecule has 1 aromatic carbocycles. The van der Waals surface area contributed by atoms with Crippen molar-refractivity contribution in [3.05, 3.63) is 45.2 Å². The van der Waals surface area contributed by atoms with E-state index in [1.807, 2.05) is 11.7 Å². The molecule has 108 valence electrons. The molecular weight excluding hydrogens is 314 g/mol. The molecule has 0 aliphatic heterocycles. The molecule has 0 unspecified atom stereocenters. The Hall–Kier alpha value is -1.29. The molecule has 1 N–H and O–H groups in total. The molecule has 20 heavy (non-hydrogen) atoms. The molecule has 1 heterocycles. The van der Waals surface area contributed by atoms with E-state index in [4.69, 9.17) is 0 Å². The number of nitrogens with one attached hydrogen (secondary N) is 1. The standard InChI is InChI=1S/C16H22BrN3/c1-10(2)15-13(9-20(5)19-15)8-18-16-12(4)6-11(3)7-14(16)17/h6-7,9-10,18H,8H2,1-5H3. The Kier molecular flexibility index (Phi) is 4.53. The van der Waals surface area contributed by atoms with Crippen molar-refractivity contribution in [2.45, 2.75) is 40.2 Å². The van der Waals surface area contributed by atoms with Gasteiger partial charge >= 0.3 is 0 Å². The molecule has 0 aliphatic rings. The number of halogens is 1. The number of benzene rings is 1. The molecule has 3 nitrogen and oxygen atoms in total. The molecule has 1 aromatic heterocycles. The summed E-state index contributed by atoms with van der Waals surface area (Å²) in [7, 11) is 1.97. The van der Waals surface area contributed by atoms with Gasteiger partial charge in [-0.25, -0.2) is 0 Å². The molecule has 0 atom stereocenters. The van der Waals surface area contributed by atoms with Gasteiger partial charge in [-0.05, 0) is 52.9 Å². The Morgan fingerprint density at radius 2 is 2.00 bits per heavy atom. The van der Waals surface area contributed by atoms with Crippen LogP contribution in [-0.4, -0.2) is 9.78 Å². The van der Waals surface area contributed by atoms with Crippen LogP contribution in [0.3, 0.4) is 0 Å². The molecular formula is C16H22BrN3. The third-order valence-corrected chi connectivity index (χ3v) is 4.00. The Bertz CT molecular complexity index is 591. The highest BCUT2D eigenvalue weighted by Gasteiger charge is 2.12. The number of aromatic nitrogens is 2. The monoisotopic (exact) mass is 335 g/mol. The fourth-order valence-electron chi connectivity index (χ4n) is 2.50. The lowest BCUT2D eigenvalue weighted by molar-refractivity contribution is 0.712. The number of anilines is 1. The minimum Gasteiger partial charge on any atom is -0.380 e. The van der Waals surface area contributed by atoms with Crippen molar-refractivity contribution in [3.63, 3.8) is 0 Å². The Morgan fingerprint density at radius 3 is 2.60 bits per heavy atom. The van der Waals surface area contributed by atoms with E-state index in [0.29, 0.717) is 5.92 Å². The predicted molar refractivity (Wildman–Crippen MR) is 88.2 cm³/mol. The normalized spacial score (nSPS) is 11.2. The number of rotatable bonds is 4. The Balaban J connectivity index is 2.21. The summed E-state index contributed by atoms with van der Waals surface area (Å²) in [6, 6.07) is 4.33. The third-order valence-electron chi connectivity index (χ3n) is 3.37. The lowest BCUT2D eigenvalue weighted by Crippen LogP contribution is -2.04. The summed E-state index contributed by atoms with van der Waals surface area (Å²) in [4.78, 5) is 0. The van der Waals surface area contributed by atoms with E-state index >= 15 is 0 Å². The maximum absolute atomic E-state index is 4.55. The molecule has 0 bridgehead atoms. The quantitative estimate of drug-likeness (QED) is 0.889. The summed E-state index contributed by atoms with van der Waals surface area (Å²) < 4.78 is 3.01. The van der Waals surface area contributed by atoms with Gasteiger partial charge < -0.3 is 5.32 Å². The average Bonchev–Trinajstić information content (AvgIpc) is 2.69. The van der Waals surface area contributed by atoms with Crippen LogP contribution >= 0.6 is 15.9 Å². The lowest BCUT2D eigenvalue weighted by atomic mass is 10.1. The van der Waals surface area contributed by atoms with Gasteiger partial charge in [0.2, 0.25) is 0 Å². The van der Waals surface area contributed by atoms with Crippen molar-refractivity contribution < 1.29 is 0 Å². The predicted octanol–water partition coefficient (Wildman–Crippen LogP) is 4.53. The summed E-state index contributed by atoms with van der Waals surface area (Å²) in [6.07, 6.45) is 2.10. The van der Waals surface area contributed by atoms with E-state index in [1.54, 1.807) is 0 Å². The highest BCUT2D eigenvalue weighted by molar-refractivity contribution is 9.10. The molecule has 0 saturated heterocycles. The molecule has 0 aliphatic carbocycles. The van der Waals surface area contributed by atoms with Gasteiger partial charge in [0.15, 0.2) is 0 Å². The zero-order valence-corrected chi connectivity index (χ0v) is 14.4. The van der Waals surface area contributed by atoms with E-state index in [-0.39, 0.29) is 0 Å². The van der Waals surface area contributed by atoms with Crippen LogP contribution in [0.25, 0.3) is 0 Å². The van der Waals surface area contributed by atoms with Crippen molar-refractivity contribution in [2.75, 3.05) is 5.32 Å². The van der Waals surface area contributed by atoms with E-state index in [1.165, 1.54) is 22.4 Å². The Morgan fingerprint density at radius 1 is 1.30 bits per heavy atom. The second-order valence-corrected chi connectivity index (χ2v) is 6.51. The molecule has 0 saturated carbocycles. The number of nitrogens with zero attached hydrogens (tertiary/aromatic N) is 2. The van der Waals surface area contributed by atoms with Gasteiger partial charge in [-0.1, -0.05) is 19.9 Å².